The monoisotopic (exact) mass is 487 g/mol. The van der Waals surface area contributed by atoms with Gasteiger partial charge in [-0.3, -0.25) is 4.79 Å². The Balaban J connectivity index is 1.40. The maximum absolute atomic E-state index is 13.6. The molecule has 3 aromatic carbocycles. The Morgan fingerprint density at radius 3 is 2.17 bits per heavy atom. The fourth-order valence-electron chi connectivity index (χ4n) is 4.37. The van der Waals surface area contributed by atoms with Gasteiger partial charge in [0.15, 0.2) is 0 Å². The van der Waals surface area contributed by atoms with Crippen molar-refractivity contribution in [1.29, 1.82) is 0 Å². The standard InChI is InChI=1S/C29H33N3O4/c1-35-26-15-13-25(14-16-26)31-17-8-18-32(20-19-31)28(33)27(21-23-9-4-2-5-10-23)30-29(34)36-22-24-11-6-3-7-12-24/h2-7,9-16,27H,8,17-22H2,1H3,(H,30,34)/t27-/m0/s1. The number of methoxy groups -OCH3 is 1. The third kappa shape index (κ3) is 7.01. The van der Waals surface area contributed by atoms with E-state index >= 15 is 0 Å². The Labute approximate surface area is 212 Å². The van der Waals surface area contributed by atoms with Gasteiger partial charge in [0.1, 0.15) is 18.4 Å². The maximum atomic E-state index is 13.6. The Morgan fingerprint density at radius 2 is 1.50 bits per heavy atom. The van der Waals surface area contributed by atoms with Crippen molar-refractivity contribution in [3.63, 3.8) is 0 Å². The molecular formula is C29H33N3O4. The normalized spacial score (nSPS) is 14.5. The van der Waals surface area contributed by atoms with Crippen LogP contribution >= 0.6 is 0 Å². The summed E-state index contributed by atoms with van der Waals surface area (Å²) in [4.78, 5) is 30.4. The summed E-state index contributed by atoms with van der Waals surface area (Å²) in [6.07, 6.45) is 0.649. The average Bonchev–Trinajstić information content (AvgIpc) is 3.19. The molecule has 4 rings (SSSR count). The lowest BCUT2D eigenvalue weighted by Crippen LogP contribution is -2.50. The second-order valence-corrected chi connectivity index (χ2v) is 8.81. The molecule has 0 aromatic heterocycles. The van der Waals surface area contributed by atoms with Crippen molar-refractivity contribution in [3.8, 4) is 5.75 Å². The summed E-state index contributed by atoms with van der Waals surface area (Å²) in [5.41, 5.74) is 2.98. The first-order valence-corrected chi connectivity index (χ1v) is 12.3. The summed E-state index contributed by atoms with van der Waals surface area (Å²) in [5.74, 6) is 0.728. The van der Waals surface area contributed by atoms with Crippen molar-refractivity contribution in [3.05, 3.63) is 96.1 Å². The minimum Gasteiger partial charge on any atom is -0.497 e. The van der Waals surface area contributed by atoms with E-state index in [-0.39, 0.29) is 12.5 Å². The second-order valence-electron chi connectivity index (χ2n) is 8.81. The lowest BCUT2D eigenvalue weighted by molar-refractivity contribution is -0.133. The lowest BCUT2D eigenvalue weighted by atomic mass is 10.0. The zero-order valence-electron chi connectivity index (χ0n) is 20.6. The molecule has 0 saturated carbocycles. The van der Waals surface area contributed by atoms with Crippen LogP contribution in [-0.4, -0.2) is 56.2 Å². The SMILES string of the molecule is COc1ccc(N2CCCN(C(=O)[C@H](Cc3ccccc3)NC(=O)OCc3ccccc3)CC2)cc1. The number of alkyl carbamates (subject to hydrolysis) is 1. The highest BCUT2D eigenvalue weighted by molar-refractivity contribution is 5.86. The summed E-state index contributed by atoms with van der Waals surface area (Å²) >= 11 is 0. The van der Waals surface area contributed by atoms with Crippen molar-refractivity contribution in [1.82, 2.24) is 10.2 Å². The fraction of sp³-hybridized carbons (Fsp3) is 0.310. The van der Waals surface area contributed by atoms with Crippen LogP contribution in [0.1, 0.15) is 17.5 Å². The summed E-state index contributed by atoms with van der Waals surface area (Å²) in [7, 11) is 1.65. The van der Waals surface area contributed by atoms with Gasteiger partial charge in [-0.05, 0) is 41.8 Å². The molecule has 0 radical (unpaired) electrons. The summed E-state index contributed by atoms with van der Waals surface area (Å²) in [6, 6.07) is 26.5. The minimum atomic E-state index is -0.705. The van der Waals surface area contributed by atoms with Crippen LogP contribution in [0.2, 0.25) is 0 Å². The summed E-state index contributed by atoms with van der Waals surface area (Å²) < 4.78 is 10.7. The van der Waals surface area contributed by atoms with E-state index in [9.17, 15) is 9.59 Å². The Bertz CT molecular complexity index is 1110. The second kappa shape index (κ2) is 12.6. The first kappa shape index (κ1) is 25.1. The smallest absolute Gasteiger partial charge is 0.408 e. The molecule has 0 spiro atoms. The third-order valence-electron chi connectivity index (χ3n) is 6.33. The van der Waals surface area contributed by atoms with Gasteiger partial charge in [0.25, 0.3) is 0 Å². The van der Waals surface area contributed by atoms with Crippen molar-refractivity contribution in [2.45, 2.75) is 25.5 Å². The molecule has 1 N–H and O–H groups in total. The Hall–Kier alpha value is -4.00. The predicted octanol–water partition coefficient (Wildman–Crippen LogP) is 4.27. The number of carbonyl (C=O) groups is 2. The molecule has 1 atom stereocenters. The van der Waals surface area contributed by atoms with Gasteiger partial charge >= 0.3 is 6.09 Å². The number of benzene rings is 3. The highest BCUT2D eigenvalue weighted by Gasteiger charge is 2.28. The molecule has 1 aliphatic rings. The van der Waals surface area contributed by atoms with E-state index in [1.807, 2.05) is 89.8 Å². The van der Waals surface area contributed by atoms with Gasteiger partial charge in [0.2, 0.25) is 5.91 Å². The molecule has 7 nitrogen and oxygen atoms in total. The quantitative estimate of drug-likeness (QED) is 0.514. The third-order valence-corrected chi connectivity index (χ3v) is 6.33. The number of anilines is 1. The van der Waals surface area contributed by atoms with Crippen LogP contribution in [0.3, 0.4) is 0 Å². The number of amides is 2. The average molecular weight is 488 g/mol. The van der Waals surface area contributed by atoms with Crippen LogP contribution < -0.4 is 15.0 Å². The van der Waals surface area contributed by atoms with Crippen molar-refractivity contribution in [2.24, 2.45) is 0 Å². The maximum Gasteiger partial charge on any atom is 0.408 e. The summed E-state index contributed by atoms with van der Waals surface area (Å²) in [6.45, 7) is 2.94. The Kier molecular flexibility index (Phi) is 8.81. The van der Waals surface area contributed by atoms with E-state index in [1.165, 1.54) is 0 Å². The van der Waals surface area contributed by atoms with E-state index in [0.29, 0.717) is 26.1 Å². The molecule has 7 heteroatoms. The summed E-state index contributed by atoms with van der Waals surface area (Å²) in [5, 5.41) is 2.83. The molecule has 0 unspecified atom stereocenters. The molecule has 0 aliphatic carbocycles. The molecular weight excluding hydrogens is 454 g/mol. The molecule has 2 amide bonds. The van der Waals surface area contributed by atoms with E-state index in [1.54, 1.807) is 7.11 Å². The number of carbonyl (C=O) groups excluding carboxylic acids is 2. The number of hydrogen-bond donors (Lipinski definition) is 1. The van der Waals surface area contributed by atoms with Gasteiger partial charge < -0.3 is 24.6 Å². The van der Waals surface area contributed by atoms with Gasteiger partial charge in [0.05, 0.1) is 7.11 Å². The van der Waals surface area contributed by atoms with Gasteiger partial charge in [-0.2, -0.15) is 0 Å². The van der Waals surface area contributed by atoms with Crippen molar-refractivity contribution in [2.75, 3.05) is 38.2 Å². The molecule has 36 heavy (non-hydrogen) atoms. The molecule has 0 bridgehead atoms. The topological polar surface area (TPSA) is 71.1 Å². The Morgan fingerprint density at radius 1 is 0.833 bits per heavy atom. The molecule has 3 aromatic rings. The largest absolute Gasteiger partial charge is 0.497 e. The predicted molar refractivity (Wildman–Crippen MR) is 140 cm³/mol. The number of nitrogens with zero attached hydrogens (tertiary/aromatic N) is 2. The highest BCUT2D eigenvalue weighted by Crippen LogP contribution is 2.21. The van der Waals surface area contributed by atoms with Crippen LogP contribution in [0.25, 0.3) is 0 Å². The first-order valence-electron chi connectivity index (χ1n) is 12.3. The number of nitrogens with one attached hydrogen (secondary N) is 1. The zero-order chi connectivity index (χ0) is 25.2. The van der Waals surface area contributed by atoms with E-state index < -0.39 is 12.1 Å². The van der Waals surface area contributed by atoms with Crippen LogP contribution in [-0.2, 0) is 22.6 Å². The first-order chi connectivity index (χ1) is 17.6. The van der Waals surface area contributed by atoms with Gasteiger partial charge in [-0.25, -0.2) is 4.79 Å². The molecule has 1 fully saturated rings. The van der Waals surface area contributed by atoms with E-state index in [0.717, 1.165) is 35.5 Å². The minimum absolute atomic E-state index is 0.0907. The number of hydrogen-bond acceptors (Lipinski definition) is 5. The van der Waals surface area contributed by atoms with Crippen LogP contribution in [0.4, 0.5) is 10.5 Å². The van der Waals surface area contributed by atoms with Crippen LogP contribution in [0, 0.1) is 0 Å². The van der Waals surface area contributed by atoms with Crippen molar-refractivity contribution < 1.29 is 19.1 Å². The fourth-order valence-corrected chi connectivity index (χ4v) is 4.37. The van der Waals surface area contributed by atoms with Gasteiger partial charge in [0, 0.05) is 38.3 Å². The molecule has 188 valence electrons. The molecule has 1 aliphatic heterocycles. The number of rotatable bonds is 8. The number of ether oxygens (including phenoxy) is 2. The van der Waals surface area contributed by atoms with Crippen LogP contribution in [0.15, 0.2) is 84.9 Å². The molecule has 1 heterocycles. The van der Waals surface area contributed by atoms with Crippen LogP contribution in [0.5, 0.6) is 5.75 Å². The van der Waals surface area contributed by atoms with Crippen molar-refractivity contribution >= 4 is 17.7 Å². The zero-order valence-corrected chi connectivity index (χ0v) is 20.6. The lowest BCUT2D eigenvalue weighted by Gasteiger charge is -2.27. The van der Waals surface area contributed by atoms with E-state index in [4.69, 9.17) is 9.47 Å². The molecule has 1 saturated heterocycles. The highest BCUT2D eigenvalue weighted by atomic mass is 16.5. The van der Waals surface area contributed by atoms with Gasteiger partial charge in [-0.1, -0.05) is 60.7 Å². The van der Waals surface area contributed by atoms with Gasteiger partial charge in [-0.15, -0.1) is 0 Å². The van der Waals surface area contributed by atoms with E-state index in [2.05, 4.69) is 10.2 Å².